The lowest BCUT2D eigenvalue weighted by molar-refractivity contribution is 0.177. The van der Waals surface area contributed by atoms with Crippen LogP contribution in [0.3, 0.4) is 0 Å². The van der Waals surface area contributed by atoms with Crippen LogP contribution >= 0.6 is 0 Å². The first-order valence-corrected chi connectivity index (χ1v) is 4.26. The minimum absolute atomic E-state index is 0.144. The molecular formula is C9H17NO2. The van der Waals surface area contributed by atoms with Crippen LogP contribution in [0.5, 0.6) is 0 Å². The molecule has 0 aromatic rings. The summed E-state index contributed by atoms with van der Waals surface area (Å²) >= 11 is 0. The number of ether oxygens (including phenoxy) is 1. The van der Waals surface area contributed by atoms with Crippen LogP contribution in [0.15, 0.2) is 12.2 Å². The van der Waals surface area contributed by atoms with Gasteiger partial charge in [-0.05, 0) is 13.3 Å². The summed E-state index contributed by atoms with van der Waals surface area (Å²) in [5.74, 6) is 0. The number of alkyl carbamates (subject to hydrolysis) is 1. The van der Waals surface area contributed by atoms with E-state index in [0.717, 1.165) is 12.0 Å². The molecule has 1 aliphatic rings. The van der Waals surface area contributed by atoms with Gasteiger partial charge in [0.25, 0.3) is 0 Å². The molecule has 3 heteroatoms. The molecule has 1 aliphatic heterocycles. The highest BCUT2D eigenvalue weighted by atomic mass is 16.6. The summed E-state index contributed by atoms with van der Waals surface area (Å²) in [5.41, 5.74) is 1.07. The third kappa shape index (κ3) is 4.01. The second-order valence-electron chi connectivity index (χ2n) is 2.60. The van der Waals surface area contributed by atoms with Crippen LogP contribution in [-0.4, -0.2) is 18.7 Å². The summed E-state index contributed by atoms with van der Waals surface area (Å²) in [4.78, 5) is 10.5. The topological polar surface area (TPSA) is 38.3 Å². The summed E-state index contributed by atoms with van der Waals surface area (Å²) in [6, 6.07) is 0.144. The monoisotopic (exact) mass is 171 g/mol. The van der Waals surface area contributed by atoms with Crippen LogP contribution in [0.25, 0.3) is 0 Å². The second kappa shape index (κ2) is 5.63. The molecule has 1 fully saturated rings. The predicted molar refractivity (Wildman–Crippen MR) is 49.1 cm³/mol. The standard InChI is InChI=1S/C7H11NO2.C2H6/c1-5(2)3-6-4-10-7(9)8-6;1-2/h6H,1,3-4H2,2H3,(H,8,9);1-2H3. The van der Waals surface area contributed by atoms with E-state index in [1.54, 1.807) is 0 Å². The van der Waals surface area contributed by atoms with Gasteiger partial charge in [0.05, 0.1) is 6.04 Å². The molecule has 70 valence electrons. The lowest BCUT2D eigenvalue weighted by Gasteiger charge is -2.04. The lowest BCUT2D eigenvalue weighted by Crippen LogP contribution is -2.25. The second-order valence-corrected chi connectivity index (χ2v) is 2.60. The van der Waals surface area contributed by atoms with E-state index in [2.05, 4.69) is 16.6 Å². The van der Waals surface area contributed by atoms with E-state index < -0.39 is 0 Å². The van der Waals surface area contributed by atoms with Crippen molar-refractivity contribution in [3.05, 3.63) is 12.2 Å². The average molecular weight is 171 g/mol. The van der Waals surface area contributed by atoms with Gasteiger partial charge in [-0.1, -0.05) is 19.4 Å². The molecule has 3 nitrogen and oxygen atoms in total. The molecule has 0 aromatic heterocycles. The van der Waals surface area contributed by atoms with Crippen LogP contribution in [0.2, 0.25) is 0 Å². The first-order chi connectivity index (χ1) is 5.68. The number of cyclic esters (lactones) is 1. The molecule has 1 unspecified atom stereocenters. The Morgan fingerprint density at radius 1 is 1.75 bits per heavy atom. The molecule has 1 N–H and O–H groups in total. The zero-order valence-electron chi connectivity index (χ0n) is 8.02. The minimum atomic E-state index is -0.314. The fraction of sp³-hybridized carbons (Fsp3) is 0.667. The normalized spacial score (nSPS) is 20.2. The van der Waals surface area contributed by atoms with E-state index in [-0.39, 0.29) is 12.1 Å². The van der Waals surface area contributed by atoms with E-state index in [0.29, 0.717) is 6.61 Å². The number of carbonyl (C=O) groups is 1. The van der Waals surface area contributed by atoms with Crippen LogP contribution in [0.4, 0.5) is 4.79 Å². The van der Waals surface area contributed by atoms with Crippen molar-refractivity contribution in [3.8, 4) is 0 Å². The van der Waals surface area contributed by atoms with E-state index in [1.807, 2.05) is 20.8 Å². The molecule has 1 heterocycles. The summed E-state index contributed by atoms with van der Waals surface area (Å²) in [6.45, 7) is 10.1. The zero-order chi connectivity index (χ0) is 9.56. The Labute approximate surface area is 73.8 Å². The number of carbonyl (C=O) groups excluding carboxylic acids is 1. The number of hydrogen-bond donors (Lipinski definition) is 1. The van der Waals surface area contributed by atoms with Gasteiger partial charge >= 0.3 is 6.09 Å². The minimum Gasteiger partial charge on any atom is -0.447 e. The van der Waals surface area contributed by atoms with Crippen molar-refractivity contribution in [1.82, 2.24) is 5.32 Å². The van der Waals surface area contributed by atoms with Crippen molar-refractivity contribution in [1.29, 1.82) is 0 Å². The Kier molecular flexibility index (Phi) is 5.17. The fourth-order valence-corrected chi connectivity index (χ4v) is 0.957. The molecule has 0 radical (unpaired) electrons. The van der Waals surface area contributed by atoms with E-state index in [1.165, 1.54) is 0 Å². The van der Waals surface area contributed by atoms with Gasteiger partial charge in [-0.3, -0.25) is 0 Å². The highest BCUT2D eigenvalue weighted by Crippen LogP contribution is 2.06. The summed E-state index contributed by atoms with van der Waals surface area (Å²) in [5, 5.41) is 2.66. The Morgan fingerprint density at radius 3 is 2.67 bits per heavy atom. The van der Waals surface area contributed by atoms with E-state index in [9.17, 15) is 4.79 Å². The van der Waals surface area contributed by atoms with E-state index in [4.69, 9.17) is 0 Å². The van der Waals surface area contributed by atoms with Gasteiger partial charge in [-0.25, -0.2) is 4.79 Å². The van der Waals surface area contributed by atoms with Gasteiger partial charge in [0.15, 0.2) is 0 Å². The Morgan fingerprint density at radius 2 is 2.33 bits per heavy atom. The largest absolute Gasteiger partial charge is 0.447 e. The molecule has 12 heavy (non-hydrogen) atoms. The lowest BCUT2D eigenvalue weighted by atomic mass is 10.1. The number of hydrogen-bond acceptors (Lipinski definition) is 2. The maximum atomic E-state index is 10.5. The predicted octanol–water partition coefficient (Wildman–Crippen LogP) is 2.09. The van der Waals surface area contributed by atoms with Crippen molar-refractivity contribution in [2.24, 2.45) is 0 Å². The highest BCUT2D eigenvalue weighted by Gasteiger charge is 2.21. The highest BCUT2D eigenvalue weighted by molar-refractivity contribution is 5.69. The maximum absolute atomic E-state index is 10.5. The Hall–Kier alpha value is -0.990. The first-order valence-electron chi connectivity index (χ1n) is 4.26. The van der Waals surface area contributed by atoms with Crippen molar-refractivity contribution in [2.75, 3.05) is 6.61 Å². The van der Waals surface area contributed by atoms with Gasteiger partial charge in [-0.15, -0.1) is 6.58 Å². The van der Waals surface area contributed by atoms with Crippen molar-refractivity contribution >= 4 is 6.09 Å². The summed E-state index contributed by atoms with van der Waals surface area (Å²) < 4.78 is 4.68. The van der Waals surface area contributed by atoms with Crippen LogP contribution in [0.1, 0.15) is 27.2 Å². The Bertz CT molecular complexity index is 166. The maximum Gasteiger partial charge on any atom is 0.407 e. The molecule has 1 saturated heterocycles. The van der Waals surface area contributed by atoms with E-state index >= 15 is 0 Å². The van der Waals surface area contributed by atoms with Gasteiger partial charge in [-0.2, -0.15) is 0 Å². The van der Waals surface area contributed by atoms with Gasteiger partial charge in [0, 0.05) is 0 Å². The smallest absolute Gasteiger partial charge is 0.407 e. The van der Waals surface area contributed by atoms with Crippen LogP contribution < -0.4 is 5.32 Å². The Balaban J connectivity index is 0.000000561. The summed E-state index contributed by atoms with van der Waals surface area (Å²) in [6.07, 6.45) is 0.498. The molecule has 1 rings (SSSR count). The van der Waals surface area contributed by atoms with Crippen LogP contribution in [0, 0.1) is 0 Å². The molecular weight excluding hydrogens is 154 g/mol. The zero-order valence-corrected chi connectivity index (χ0v) is 8.02. The van der Waals surface area contributed by atoms with Crippen LogP contribution in [-0.2, 0) is 4.74 Å². The molecule has 0 aromatic carbocycles. The molecule has 0 aliphatic carbocycles. The number of rotatable bonds is 2. The SMILES string of the molecule is C=C(C)CC1COC(=O)N1.CC. The average Bonchev–Trinajstić information content (AvgIpc) is 2.39. The molecule has 1 amide bonds. The molecule has 0 bridgehead atoms. The first kappa shape index (κ1) is 11.0. The quantitative estimate of drug-likeness (QED) is 0.646. The van der Waals surface area contributed by atoms with Gasteiger partial charge in [0.1, 0.15) is 6.61 Å². The molecule has 0 saturated carbocycles. The van der Waals surface area contributed by atoms with Crippen molar-refractivity contribution in [2.45, 2.75) is 33.2 Å². The van der Waals surface area contributed by atoms with Crippen molar-refractivity contribution < 1.29 is 9.53 Å². The summed E-state index contributed by atoms with van der Waals surface area (Å²) in [7, 11) is 0. The molecule has 1 atom stereocenters. The van der Waals surface area contributed by atoms with Crippen molar-refractivity contribution in [3.63, 3.8) is 0 Å². The fourth-order valence-electron chi connectivity index (χ4n) is 0.957. The number of nitrogens with one attached hydrogen (secondary N) is 1. The molecule has 0 spiro atoms. The van der Waals surface area contributed by atoms with Gasteiger partial charge < -0.3 is 10.1 Å². The third-order valence-corrected chi connectivity index (χ3v) is 1.33. The third-order valence-electron chi connectivity index (χ3n) is 1.33. The van der Waals surface area contributed by atoms with Gasteiger partial charge in [0.2, 0.25) is 0 Å². The number of amides is 1.